The molecule has 2 amide bonds. The summed E-state index contributed by atoms with van der Waals surface area (Å²) in [7, 11) is 0. The van der Waals surface area contributed by atoms with Gasteiger partial charge in [0.25, 0.3) is 0 Å². The second-order valence-corrected chi connectivity index (χ2v) is 8.32. The Balaban J connectivity index is 1.75. The highest BCUT2D eigenvalue weighted by molar-refractivity contribution is 5.91. The number of urea groups is 1. The molecule has 1 aliphatic rings. The van der Waals surface area contributed by atoms with Crippen molar-refractivity contribution in [3.8, 4) is 0 Å². The number of nitrogens with two attached hydrogens (primary N) is 1. The number of amides is 2. The third kappa shape index (κ3) is 7.18. The molecule has 0 bridgehead atoms. The largest absolute Gasteiger partial charge is 0.463 e. The van der Waals surface area contributed by atoms with Gasteiger partial charge in [0, 0.05) is 36.5 Å². The number of piperidine rings is 1. The summed E-state index contributed by atoms with van der Waals surface area (Å²) in [5.74, 6) is 0.780. The number of esters is 1. The average Bonchev–Trinajstić information content (AvgIpc) is 2.88. The lowest BCUT2D eigenvalue weighted by Crippen LogP contribution is -2.35. The number of allylic oxidation sites excluding steroid dienone is 3. The highest BCUT2D eigenvalue weighted by atomic mass is 16.5. The van der Waals surface area contributed by atoms with E-state index in [4.69, 9.17) is 10.5 Å². The Kier molecular flexibility index (Phi) is 9.62. The van der Waals surface area contributed by atoms with Crippen LogP contribution in [0.3, 0.4) is 0 Å². The van der Waals surface area contributed by atoms with E-state index < -0.39 is 5.97 Å². The number of aromatic nitrogens is 2. The van der Waals surface area contributed by atoms with Crippen LogP contribution in [-0.2, 0) is 9.53 Å². The van der Waals surface area contributed by atoms with Crippen LogP contribution in [-0.4, -0.2) is 41.7 Å². The summed E-state index contributed by atoms with van der Waals surface area (Å²) < 4.78 is 4.98. The summed E-state index contributed by atoms with van der Waals surface area (Å²) in [5.41, 5.74) is 9.30. The number of carbonyl (C=O) groups excluding carboxylic acids is 2. The first-order chi connectivity index (χ1) is 17.4. The lowest BCUT2D eigenvalue weighted by Gasteiger charge is -2.34. The summed E-state index contributed by atoms with van der Waals surface area (Å²) in [6.07, 6.45) is 11.9. The van der Waals surface area contributed by atoms with E-state index >= 15 is 0 Å². The quantitative estimate of drug-likeness (QED) is 0.280. The van der Waals surface area contributed by atoms with Crippen molar-refractivity contribution in [2.24, 2.45) is 0 Å². The standard InChI is InChI=1S/C27H34N6O3/c1-4-9-21(5-2)31-27(35)32-22-12-7-10-19(16-22)20-11-8-15-33(17-20)26-23(25(28)29-18-30-26)13-14-24(34)36-6-3/h4-5,7,9-10,12-14,16,18,20H,6,8,11,15,17H2,1-3H3,(H2,28,29,30)(H2,31,32,35)/b9-4-,14-13+,21-5+. The monoisotopic (exact) mass is 490 g/mol. The molecular formula is C27H34N6O3. The number of nitrogen functional groups attached to an aromatic ring is 1. The zero-order valence-electron chi connectivity index (χ0n) is 21.0. The Labute approximate surface area is 212 Å². The molecule has 0 saturated carbocycles. The third-order valence-electron chi connectivity index (χ3n) is 5.82. The SMILES string of the molecule is C/C=C\C(=C/C)NC(=O)Nc1cccc(C2CCCN(c3ncnc(N)c3/C=C/C(=O)OCC)C2)c1. The molecule has 2 aromatic rings. The van der Waals surface area contributed by atoms with Crippen molar-refractivity contribution in [3.05, 3.63) is 71.7 Å². The van der Waals surface area contributed by atoms with Crippen LogP contribution in [0.1, 0.15) is 50.7 Å². The van der Waals surface area contributed by atoms with Crippen LogP contribution in [0.5, 0.6) is 0 Å². The molecule has 0 spiro atoms. The zero-order chi connectivity index (χ0) is 25.9. The molecule has 9 heteroatoms. The van der Waals surface area contributed by atoms with Gasteiger partial charge in [-0.05, 0) is 63.5 Å². The predicted octanol–water partition coefficient (Wildman–Crippen LogP) is 4.62. The van der Waals surface area contributed by atoms with Gasteiger partial charge in [-0.2, -0.15) is 0 Å². The van der Waals surface area contributed by atoms with Crippen LogP contribution in [0.25, 0.3) is 6.08 Å². The number of hydrogen-bond acceptors (Lipinski definition) is 7. The molecule has 9 nitrogen and oxygen atoms in total. The maximum atomic E-state index is 12.4. The summed E-state index contributed by atoms with van der Waals surface area (Å²) >= 11 is 0. The molecule has 0 radical (unpaired) electrons. The fraction of sp³-hybridized carbons (Fsp3) is 0.333. The Bertz CT molecular complexity index is 1160. The minimum Gasteiger partial charge on any atom is -0.463 e. The van der Waals surface area contributed by atoms with Gasteiger partial charge in [0.1, 0.15) is 18.0 Å². The van der Waals surface area contributed by atoms with E-state index in [1.807, 2.05) is 50.3 Å². The molecule has 1 fully saturated rings. The minimum atomic E-state index is -0.441. The molecule has 0 aliphatic carbocycles. The van der Waals surface area contributed by atoms with E-state index in [0.717, 1.165) is 42.9 Å². The van der Waals surface area contributed by atoms with E-state index in [-0.39, 0.29) is 11.9 Å². The van der Waals surface area contributed by atoms with Crippen LogP contribution in [0, 0.1) is 0 Å². The number of anilines is 3. The molecule has 1 unspecified atom stereocenters. The van der Waals surface area contributed by atoms with Crippen LogP contribution in [0.15, 0.2) is 60.6 Å². The van der Waals surface area contributed by atoms with E-state index in [0.29, 0.717) is 23.8 Å². The highest BCUT2D eigenvalue weighted by Crippen LogP contribution is 2.33. The number of carbonyl (C=O) groups is 2. The molecule has 190 valence electrons. The molecule has 1 aliphatic heterocycles. The Hall–Kier alpha value is -4.14. The second-order valence-electron chi connectivity index (χ2n) is 8.32. The Morgan fingerprint density at radius 2 is 2.08 bits per heavy atom. The fourth-order valence-corrected chi connectivity index (χ4v) is 4.15. The van der Waals surface area contributed by atoms with Crippen LogP contribution in [0.2, 0.25) is 0 Å². The lowest BCUT2D eigenvalue weighted by molar-refractivity contribution is -0.137. The van der Waals surface area contributed by atoms with Gasteiger partial charge in [0.2, 0.25) is 0 Å². The van der Waals surface area contributed by atoms with Gasteiger partial charge < -0.3 is 26.0 Å². The van der Waals surface area contributed by atoms with E-state index in [1.54, 1.807) is 13.0 Å². The molecule has 3 rings (SSSR count). The number of nitrogens with zero attached hydrogens (tertiary/aromatic N) is 3. The maximum absolute atomic E-state index is 12.4. The minimum absolute atomic E-state index is 0.232. The average molecular weight is 491 g/mol. The summed E-state index contributed by atoms with van der Waals surface area (Å²) in [4.78, 5) is 35.0. The predicted molar refractivity (Wildman–Crippen MR) is 143 cm³/mol. The van der Waals surface area contributed by atoms with Gasteiger partial charge in [0.05, 0.1) is 12.2 Å². The van der Waals surface area contributed by atoms with Crippen molar-refractivity contribution in [2.75, 3.05) is 35.6 Å². The van der Waals surface area contributed by atoms with Gasteiger partial charge in [-0.3, -0.25) is 0 Å². The Morgan fingerprint density at radius 3 is 2.83 bits per heavy atom. The molecule has 1 aromatic carbocycles. The van der Waals surface area contributed by atoms with Crippen molar-refractivity contribution in [3.63, 3.8) is 0 Å². The molecule has 36 heavy (non-hydrogen) atoms. The van der Waals surface area contributed by atoms with Gasteiger partial charge in [-0.25, -0.2) is 19.6 Å². The normalized spacial score (nSPS) is 16.4. The highest BCUT2D eigenvalue weighted by Gasteiger charge is 2.25. The van der Waals surface area contributed by atoms with Crippen LogP contribution in [0.4, 0.5) is 22.1 Å². The van der Waals surface area contributed by atoms with E-state index in [2.05, 4.69) is 31.6 Å². The molecule has 1 saturated heterocycles. The summed E-state index contributed by atoms with van der Waals surface area (Å²) in [6.45, 7) is 7.35. The Morgan fingerprint density at radius 1 is 1.25 bits per heavy atom. The summed E-state index contributed by atoms with van der Waals surface area (Å²) in [5, 5.41) is 5.75. The molecule has 1 atom stereocenters. The molecular weight excluding hydrogens is 456 g/mol. The number of rotatable bonds is 8. The molecule has 1 aromatic heterocycles. The fourth-order valence-electron chi connectivity index (χ4n) is 4.15. The first kappa shape index (κ1) is 26.5. The molecule has 2 heterocycles. The van der Waals surface area contributed by atoms with Crippen molar-refractivity contribution in [1.82, 2.24) is 15.3 Å². The first-order valence-corrected chi connectivity index (χ1v) is 12.1. The van der Waals surface area contributed by atoms with Gasteiger partial charge >= 0.3 is 12.0 Å². The number of nitrogens with one attached hydrogen (secondary N) is 2. The van der Waals surface area contributed by atoms with Gasteiger partial charge in [0.15, 0.2) is 0 Å². The zero-order valence-corrected chi connectivity index (χ0v) is 21.0. The van der Waals surface area contributed by atoms with Crippen molar-refractivity contribution in [1.29, 1.82) is 0 Å². The van der Waals surface area contributed by atoms with Gasteiger partial charge in [-0.15, -0.1) is 0 Å². The van der Waals surface area contributed by atoms with Crippen molar-refractivity contribution >= 4 is 35.4 Å². The van der Waals surface area contributed by atoms with Gasteiger partial charge in [-0.1, -0.05) is 24.3 Å². The lowest BCUT2D eigenvalue weighted by atomic mass is 9.90. The first-order valence-electron chi connectivity index (χ1n) is 12.1. The van der Waals surface area contributed by atoms with E-state index in [1.165, 1.54) is 12.4 Å². The second kappa shape index (κ2) is 13.1. The number of ether oxygens (including phenoxy) is 1. The van der Waals surface area contributed by atoms with Crippen molar-refractivity contribution < 1.29 is 14.3 Å². The van der Waals surface area contributed by atoms with Crippen molar-refractivity contribution in [2.45, 2.75) is 39.5 Å². The topological polar surface area (TPSA) is 122 Å². The smallest absolute Gasteiger partial charge is 0.330 e. The van der Waals surface area contributed by atoms with Crippen LogP contribution >= 0.6 is 0 Å². The summed E-state index contributed by atoms with van der Waals surface area (Å²) in [6, 6.07) is 7.61. The number of benzene rings is 1. The third-order valence-corrected chi connectivity index (χ3v) is 5.82. The number of hydrogen-bond donors (Lipinski definition) is 3. The maximum Gasteiger partial charge on any atom is 0.330 e. The van der Waals surface area contributed by atoms with E-state index in [9.17, 15) is 9.59 Å². The molecule has 4 N–H and O–H groups in total. The van der Waals surface area contributed by atoms with Crippen LogP contribution < -0.4 is 21.3 Å².